The lowest BCUT2D eigenvalue weighted by molar-refractivity contribution is -0.0371. The zero-order valence-corrected chi connectivity index (χ0v) is 7.19. The van der Waals surface area contributed by atoms with E-state index in [2.05, 4.69) is 9.14 Å². The molecule has 0 amide bonds. The van der Waals surface area contributed by atoms with E-state index in [1.165, 1.54) is 0 Å². The van der Waals surface area contributed by atoms with Crippen LogP contribution in [0.4, 0.5) is 0 Å². The van der Waals surface area contributed by atoms with Crippen molar-refractivity contribution in [2.75, 3.05) is 0 Å². The van der Waals surface area contributed by atoms with Crippen molar-refractivity contribution in [1.29, 1.82) is 0 Å². The lowest BCUT2D eigenvalue weighted by atomic mass is 9.76. The molecule has 3 fully saturated rings. The molecule has 0 aromatic rings. The van der Waals surface area contributed by atoms with Crippen molar-refractivity contribution >= 4 is 36.0 Å². The second-order valence-corrected chi connectivity index (χ2v) is 2.98. The normalized spacial score (nSPS) is 28.7. The van der Waals surface area contributed by atoms with Crippen LogP contribution in [0.5, 0.6) is 0 Å². The second kappa shape index (κ2) is 3.00. The molecule has 3 aliphatic rings. The Balaban J connectivity index is 1.39. The van der Waals surface area contributed by atoms with E-state index in [0.717, 1.165) is 0 Å². The first kappa shape index (κ1) is 9.25. The summed E-state index contributed by atoms with van der Waals surface area (Å²) in [5, 5.41) is 8.63. The van der Waals surface area contributed by atoms with E-state index in [9.17, 15) is 0 Å². The lowest BCUT2D eigenvalue weighted by Crippen LogP contribution is -2.77. The maximum absolute atomic E-state index is 8.63. The van der Waals surface area contributed by atoms with Gasteiger partial charge in [0.1, 0.15) is 0 Å². The average Bonchev–Trinajstić information content (AvgIpc) is 1.94. The van der Waals surface area contributed by atoms with Crippen LogP contribution in [0.25, 0.3) is 0 Å². The van der Waals surface area contributed by atoms with Crippen LogP contribution in [0.2, 0.25) is 6.82 Å². The van der Waals surface area contributed by atoms with Gasteiger partial charge in [-0.15, -0.1) is 0 Å². The van der Waals surface area contributed by atoms with Crippen LogP contribution in [0.1, 0.15) is 0 Å². The molecule has 13 heteroatoms. The summed E-state index contributed by atoms with van der Waals surface area (Å²) >= 11 is 0. The molecular weight excluding hydrogens is 194 g/mol. The first-order valence-electron chi connectivity index (χ1n) is 4.14. The molecule has 3 rings (SSSR count). The summed E-state index contributed by atoms with van der Waals surface area (Å²) in [6.07, 6.45) is 0. The molecule has 1 N–H and O–H groups in total. The van der Waals surface area contributed by atoms with Crippen LogP contribution in [0, 0.1) is 0 Å². The molecule has 0 unspecified atom stereocenters. The SMILES string of the molecule is CB1OB(OB2O[B-]3(OB(O)O3)O2)O1. The van der Waals surface area contributed by atoms with Crippen LogP contribution in [0.3, 0.4) is 0 Å². The van der Waals surface area contributed by atoms with Gasteiger partial charge >= 0.3 is 36.0 Å². The Kier molecular flexibility index (Phi) is 1.98. The van der Waals surface area contributed by atoms with Crippen molar-refractivity contribution in [2.45, 2.75) is 6.82 Å². The fraction of sp³-hybridized carbons (Fsp3) is 1.00. The highest BCUT2D eigenvalue weighted by molar-refractivity contribution is 6.88. The van der Waals surface area contributed by atoms with Gasteiger partial charge in [-0.1, -0.05) is 0 Å². The Hall–Kier alpha value is 0.00468. The quantitative estimate of drug-likeness (QED) is 0.493. The summed E-state index contributed by atoms with van der Waals surface area (Å²) in [4.78, 5) is 0. The van der Waals surface area contributed by atoms with Gasteiger partial charge in [0, 0.05) is 0 Å². The van der Waals surface area contributed by atoms with Crippen LogP contribution < -0.4 is 0 Å². The van der Waals surface area contributed by atoms with Gasteiger partial charge < -0.3 is 37.0 Å². The molecule has 0 radical (unpaired) electrons. The van der Waals surface area contributed by atoms with Crippen LogP contribution >= 0.6 is 0 Å². The predicted molar refractivity (Wildman–Crippen MR) is 44.4 cm³/mol. The number of hydrogen-bond donors (Lipinski definition) is 1. The molecule has 72 valence electrons. The molecule has 3 saturated heterocycles. The largest absolute Gasteiger partial charge is 0.599 e. The third kappa shape index (κ3) is 1.42. The van der Waals surface area contributed by atoms with Gasteiger partial charge in [0.05, 0.1) is 0 Å². The molecule has 14 heavy (non-hydrogen) atoms. The highest BCUT2D eigenvalue weighted by atomic mass is 17.0. The van der Waals surface area contributed by atoms with Gasteiger partial charge in [-0.3, -0.25) is 0 Å². The van der Waals surface area contributed by atoms with E-state index in [1.54, 1.807) is 6.82 Å². The van der Waals surface area contributed by atoms with E-state index in [1.807, 2.05) is 0 Å². The van der Waals surface area contributed by atoms with Gasteiger partial charge in [0.15, 0.2) is 0 Å². The minimum atomic E-state index is -2.22. The van der Waals surface area contributed by atoms with Crippen molar-refractivity contribution < 1.29 is 37.0 Å². The zero-order chi connectivity index (χ0) is 9.76. The van der Waals surface area contributed by atoms with E-state index in [-0.39, 0.29) is 7.12 Å². The summed E-state index contributed by atoms with van der Waals surface area (Å²) in [5.41, 5.74) is 0. The summed E-state index contributed by atoms with van der Waals surface area (Å²) in [6, 6.07) is 0. The van der Waals surface area contributed by atoms with Crippen molar-refractivity contribution in [3.63, 3.8) is 0 Å². The molecule has 0 bridgehead atoms. The van der Waals surface area contributed by atoms with E-state index in [0.29, 0.717) is 0 Å². The molecule has 0 atom stereocenters. The first-order chi connectivity index (χ1) is 6.65. The molecule has 0 saturated carbocycles. The molecule has 0 aromatic carbocycles. The molecule has 8 nitrogen and oxygen atoms in total. The molecule has 3 heterocycles. The fourth-order valence-corrected chi connectivity index (χ4v) is 1.25. The standard InChI is InChI=1S/CH4B5O8/c1-2-8-4(9-2)10-5-13-6(14-5)11-3(7)12-6/h7H,1H3/q-1. The Morgan fingerprint density at radius 2 is 1.71 bits per heavy atom. The maximum Gasteiger partial charge on any atom is 0.599 e. The van der Waals surface area contributed by atoms with Gasteiger partial charge in [0.25, 0.3) is 0 Å². The Morgan fingerprint density at radius 3 is 2.21 bits per heavy atom. The zero-order valence-electron chi connectivity index (χ0n) is 7.19. The Bertz CT molecular complexity index is 225. The molecule has 0 aromatic heterocycles. The number of rotatable bonds is 2. The smallest absolute Gasteiger partial charge is 0.541 e. The fourth-order valence-electron chi connectivity index (χ4n) is 1.25. The second-order valence-electron chi connectivity index (χ2n) is 2.98. The van der Waals surface area contributed by atoms with Crippen LogP contribution in [-0.4, -0.2) is 41.1 Å². The highest BCUT2D eigenvalue weighted by Crippen LogP contribution is 2.33. The van der Waals surface area contributed by atoms with Crippen molar-refractivity contribution in [3.8, 4) is 0 Å². The van der Waals surface area contributed by atoms with Gasteiger partial charge in [-0.2, -0.15) is 0 Å². The van der Waals surface area contributed by atoms with Crippen molar-refractivity contribution in [3.05, 3.63) is 0 Å². The maximum atomic E-state index is 8.63. The van der Waals surface area contributed by atoms with E-state index < -0.39 is 28.9 Å². The minimum Gasteiger partial charge on any atom is -0.541 e. The molecule has 1 spiro atoms. The summed E-state index contributed by atoms with van der Waals surface area (Å²) in [5.74, 6) is 0. The predicted octanol–water partition coefficient (Wildman–Crippen LogP) is -2.36. The Labute approximate surface area is 80.8 Å². The monoisotopic (exact) mass is 199 g/mol. The Morgan fingerprint density at radius 1 is 1.07 bits per heavy atom. The lowest BCUT2D eigenvalue weighted by Gasteiger charge is -2.60. The molecule has 0 aliphatic carbocycles. The average molecular weight is 198 g/mol. The summed E-state index contributed by atoms with van der Waals surface area (Å²) < 4.78 is 34.0. The number of hydrogen-bond acceptors (Lipinski definition) is 8. The topological polar surface area (TPSA) is 84.8 Å². The van der Waals surface area contributed by atoms with E-state index in [4.69, 9.17) is 27.9 Å². The minimum absolute atomic E-state index is 0.280. The molecule has 3 aliphatic heterocycles. The van der Waals surface area contributed by atoms with Crippen molar-refractivity contribution in [1.82, 2.24) is 0 Å². The summed E-state index contributed by atoms with van der Waals surface area (Å²) in [6.45, 7) is -0.493. The van der Waals surface area contributed by atoms with Crippen LogP contribution in [0.15, 0.2) is 0 Å². The van der Waals surface area contributed by atoms with Gasteiger partial charge in [-0.25, -0.2) is 0 Å². The van der Waals surface area contributed by atoms with Gasteiger partial charge in [0.2, 0.25) is 0 Å². The molecular formula is CH4B5O8-. The first-order valence-corrected chi connectivity index (χ1v) is 4.14. The highest BCUT2D eigenvalue weighted by Gasteiger charge is 2.60. The van der Waals surface area contributed by atoms with E-state index >= 15 is 0 Å². The third-order valence-corrected chi connectivity index (χ3v) is 1.95. The van der Waals surface area contributed by atoms with Gasteiger partial charge in [-0.05, 0) is 6.82 Å². The summed E-state index contributed by atoms with van der Waals surface area (Å²) in [7, 11) is -3.29. The van der Waals surface area contributed by atoms with Crippen molar-refractivity contribution in [2.24, 2.45) is 0 Å². The third-order valence-electron chi connectivity index (χ3n) is 1.95. The van der Waals surface area contributed by atoms with Crippen LogP contribution in [-0.2, 0) is 32.0 Å².